The SMILES string of the molecule is CO[C@@H]1[C@H](OP(=O)(NCCCCCC(=O)O)OC[C@H]2O[C@@H](n3ccc(N)nc3=O)[C@H](O)[C@@H]2O)[C@@H](CO)O[C@H]1n1cnc2c(=O)[nH]c(N)nc21. The van der Waals surface area contributed by atoms with Gasteiger partial charge in [0.2, 0.25) is 5.95 Å². The second-order valence-electron chi connectivity index (χ2n) is 11.3. The highest BCUT2D eigenvalue weighted by atomic mass is 31.2. The lowest BCUT2D eigenvalue weighted by molar-refractivity contribution is -0.137. The summed E-state index contributed by atoms with van der Waals surface area (Å²) in [6.45, 7) is -1.23. The van der Waals surface area contributed by atoms with Crippen molar-refractivity contribution < 1.29 is 53.0 Å². The van der Waals surface area contributed by atoms with Gasteiger partial charge in [-0.1, -0.05) is 6.42 Å². The molecule has 0 saturated carbocycles. The summed E-state index contributed by atoms with van der Waals surface area (Å²) in [7, 11) is -3.12. The Morgan fingerprint density at radius 1 is 1.08 bits per heavy atom. The number of nitrogens with two attached hydrogens (primary N) is 2. The standard InChI is InChI=1S/C26H38N9O13P/c1-44-20-19(12(9-36)46-24(20)35-11-29-16-21(35)32-25(28)33-22(16)41)48-49(43,30-7-4-2-3-5-15(37)38)45-10-13-17(39)18(40)23(47-13)34-8-6-14(27)31-26(34)42/h6,8,11-13,17-20,23-24,36,39-40H,2-5,7,9-10H2,1H3,(H,30,43)(H,37,38)(H2,27,31,42)(H3,28,32,33,41)/t12-,13-,17-,18-,19-,20-,23-,24-,49?/m1/s1. The van der Waals surface area contributed by atoms with Crippen molar-refractivity contribution in [3.05, 3.63) is 39.4 Å². The molecular weight excluding hydrogens is 677 g/mol. The highest BCUT2D eigenvalue weighted by molar-refractivity contribution is 7.51. The van der Waals surface area contributed by atoms with Crippen molar-refractivity contribution in [2.75, 3.05) is 38.3 Å². The first-order valence-electron chi connectivity index (χ1n) is 15.1. The maximum absolute atomic E-state index is 14.3. The average Bonchev–Trinajstić information content (AvgIpc) is 3.71. The number of aliphatic hydroxyl groups excluding tert-OH is 3. The zero-order valence-corrected chi connectivity index (χ0v) is 27.0. The maximum Gasteiger partial charge on any atom is 0.406 e. The lowest BCUT2D eigenvalue weighted by Gasteiger charge is -2.28. The number of nitrogen functional groups attached to an aromatic ring is 2. The van der Waals surface area contributed by atoms with E-state index in [1.165, 1.54) is 30.3 Å². The number of carboxylic acids is 1. The predicted molar refractivity (Wildman–Crippen MR) is 166 cm³/mol. The Balaban J connectivity index is 1.36. The van der Waals surface area contributed by atoms with E-state index in [1.54, 1.807) is 0 Å². The van der Waals surface area contributed by atoms with Crippen LogP contribution in [0.3, 0.4) is 0 Å². The molecule has 5 rings (SSSR count). The normalized spacial score (nSPS) is 28.2. The van der Waals surface area contributed by atoms with Crippen LogP contribution in [0.25, 0.3) is 11.2 Å². The Bertz CT molecular complexity index is 1790. The summed E-state index contributed by atoms with van der Waals surface area (Å²) in [6.07, 6.45) is -6.95. The highest BCUT2D eigenvalue weighted by Gasteiger charge is 2.51. The molecule has 5 heterocycles. The number of anilines is 2. The van der Waals surface area contributed by atoms with Crippen LogP contribution >= 0.6 is 7.75 Å². The monoisotopic (exact) mass is 715 g/mol. The minimum Gasteiger partial charge on any atom is -0.481 e. The molecular formula is C26H38N9O13P. The zero-order chi connectivity index (χ0) is 35.5. The Morgan fingerprint density at radius 2 is 1.84 bits per heavy atom. The number of aromatic nitrogens is 6. The Labute approximate surface area is 276 Å². The van der Waals surface area contributed by atoms with E-state index in [2.05, 4.69) is 25.0 Å². The molecule has 3 aromatic rings. The van der Waals surface area contributed by atoms with Gasteiger partial charge in [0.1, 0.15) is 42.4 Å². The van der Waals surface area contributed by atoms with Crippen LogP contribution in [0, 0.1) is 0 Å². The fourth-order valence-electron chi connectivity index (χ4n) is 5.54. The summed E-state index contributed by atoms with van der Waals surface area (Å²) in [6, 6.07) is 1.30. The number of aliphatic carboxylic acids is 1. The van der Waals surface area contributed by atoms with E-state index in [9.17, 15) is 34.3 Å². The molecule has 0 bridgehead atoms. The van der Waals surface area contributed by atoms with Gasteiger partial charge in [-0.3, -0.25) is 32.8 Å². The number of unbranched alkanes of at least 4 members (excludes halogenated alkanes) is 2. The number of hydrogen-bond acceptors (Lipinski definition) is 17. The number of fused-ring (bicyclic) bond motifs is 1. The van der Waals surface area contributed by atoms with Crippen LogP contribution in [-0.4, -0.2) is 119 Å². The number of carbonyl (C=O) groups is 1. The zero-order valence-electron chi connectivity index (χ0n) is 26.1. The molecule has 0 radical (unpaired) electrons. The molecule has 2 saturated heterocycles. The molecule has 2 aliphatic rings. The fraction of sp³-hybridized carbons (Fsp3) is 0.615. The molecule has 2 fully saturated rings. The van der Waals surface area contributed by atoms with Crippen molar-refractivity contribution in [3.8, 4) is 0 Å². The van der Waals surface area contributed by atoms with E-state index in [0.29, 0.717) is 19.3 Å². The lowest BCUT2D eigenvalue weighted by atomic mass is 10.1. The number of rotatable bonds is 16. The number of H-pyrrole nitrogens is 1. The van der Waals surface area contributed by atoms with E-state index in [0.717, 1.165) is 4.57 Å². The molecule has 23 heteroatoms. The number of ether oxygens (including phenoxy) is 3. The van der Waals surface area contributed by atoms with Crippen LogP contribution < -0.4 is 27.8 Å². The van der Waals surface area contributed by atoms with Crippen LogP contribution in [0.15, 0.2) is 28.2 Å². The average molecular weight is 716 g/mol. The van der Waals surface area contributed by atoms with Gasteiger partial charge in [0.15, 0.2) is 23.6 Å². The largest absolute Gasteiger partial charge is 0.481 e. The van der Waals surface area contributed by atoms with E-state index >= 15 is 0 Å². The summed E-state index contributed by atoms with van der Waals surface area (Å²) >= 11 is 0. The molecule has 49 heavy (non-hydrogen) atoms. The van der Waals surface area contributed by atoms with Crippen molar-refractivity contribution in [3.63, 3.8) is 0 Å². The van der Waals surface area contributed by atoms with Gasteiger partial charge in [-0.2, -0.15) is 9.97 Å². The molecule has 2 aliphatic heterocycles. The van der Waals surface area contributed by atoms with Crippen LogP contribution in [0.5, 0.6) is 0 Å². The number of hydrogen-bond donors (Lipinski definition) is 8. The molecule has 10 N–H and O–H groups in total. The number of nitrogens with zero attached hydrogens (tertiary/aromatic N) is 5. The summed E-state index contributed by atoms with van der Waals surface area (Å²) in [5, 5.41) is 43.2. The summed E-state index contributed by atoms with van der Waals surface area (Å²) in [4.78, 5) is 49.7. The summed E-state index contributed by atoms with van der Waals surface area (Å²) in [5.41, 5.74) is 9.80. The first-order valence-corrected chi connectivity index (χ1v) is 16.7. The first-order chi connectivity index (χ1) is 23.4. The highest BCUT2D eigenvalue weighted by Crippen LogP contribution is 2.50. The molecule has 3 aromatic heterocycles. The van der Waals surface area contributed by atoms with Crippen molar-refractivity contribution in [1.29, 1.82) is 0 Å². The van der Waals surface area contributed by atoms with E-state index < -0.39 is 87.3 Å². The third kappa shape index (κ3) is 7.99. The topological polar surface area (TPSA) is 324 Å². The first kappa shape index (κ1) is 36.5. The van der Waals surface area contributed by atoms with Crippen molar-refractivity contribution in [2.45, 2.75) is 74.8 Å². The number of aliphatic hydroxyl groups is 3. The number of imidazole rings is 1. The van der Waals surface area contributed by atoms with Gasteiger partial charge in [0.05, 0.1) is 19.5 Å². The minimum absolute atomic E-state index is 0.0271. The number of aromatic amines is 1. The van der Waals surface area contributed by atoms with Gasteiger partial charge in [0.25, 0.3) is 5.56 Å². The number of nitrogens with one attached hydrogen (secondary N) is 2. The molecule has 9 atom stereocenters. The molecule has 1 unspecified atom stereocenters. The Kier molecular flexibility index (Phi) is 11.4. The molecule has 0 amide bonds. The van der Waals surface area contributed by atoms with Gasteiger partial charge in [-0.25, -0.2) is 19.4 Å². The van der Waals surface area contributed by atoms with Crippen LogP contribution in [0.1, 0.15) is 38.1 Å². The number of carboxylic acid groups (broad SMARTS) is 1. The summed E-state index contributed by atoms with van der Waals surface area (Å²) in [5.74, 6) is -1.21. The molecule has 0 aliphatic carbocycles. The lowest BCUT2D eigenvalue weighted by Crippen LogP contribution is -2.39. The molecule has 0 aromatic carbocycles. The smallest absolute Gasteiger partial charge is 0.406 e. The Morgan fingerprint density at radius 3 is 2.53 bits per heavy atom. The summed E-state index contributed by atoms with van der Waals surface area (Å²) < 4.78 is 45.6. The second kappa shape index (κ2) is 15.4. The van der Waals surface area contributed by atoms with E-state index in [-0.39, 0.29) is 35.9 Å². The van der Waals surface area contributed by atoms with Crippen LogP contribution in [0.2, 0.25) is 0 Å². The van der Waals surface area contributed by atoms with Gasteiger partial charge in [-0.05, 0) is 18.9 Å². The van der Waals surface area contributed by atoms with Crippen molar-refractivity contribution >= 4 is 36.6 Å². The molecule has 270 valence electrons. The van der Waals surface area contributed by atoms with Crippen molar-refractivity contribution in [2.24, 2.45) is 0 Å². The third-order valence-corrected chi connectivity index (χ3v) is 9.59. The number of methoxy groups -OCH3 is 1. The van der Waals surface area contributed by atoms with Gasteiger partial charge in [-0.15, -0.1) is 0 Å². The van der Waals surface area contributed by atoms with Gasteiger partial charge >= 0.3 is 19.4 Å². The van der Waals surface area contributed by atoms with Gasteiger partial charge < -0.3 is 46.1 Å². The van der Waals surface area contributed by atoms with Gasteiger partial charge in [0, 0.05) is 26.3 Å². The Hall–Kier alpha value is -3.83. The van der Waals surface area contributed by atoms with Crippen LogP contribution in [0.4, 0.5) is 11.8 Å². The maximum atomic E-state index is 14.3. The second-order valence-corrected chi connectivity index (χ2v) is 13.1. The van der Waals surface area contributed by atoms with E-state index in [4.69, 9.17) is 39.8 Å². The van der Waals surface area contributed by atoms with Crippen LogP contribution in [-0.2, 0) is 32.6 Å². The molecule has 22 nitrogen and oxygen atoms in total. The predicted octanol–water partition coefficient (Wildman–Crippen LogP) is -2.19. The fourth-order valence-corrected chi connectivity index (χ4v) is 7.12. The quantitative estimate of drug-likeness (QED) is 0.0576. The molecule has 0 spiro atoms. The minimum atomic E-state index is -4.43. The third-order valence-electron chi connectivity index (χ3n) is 7.97. The van der Waals surface area contributed by atoms with Crippen molar-refractivity contribution in [1.82, 2.24) is 34.2 Å². The van der Waals surface area contributed by atoms with E-state index in [1.807, 2.05) is 0 Å².